The van der Waals surface area contributed by atoms with E-state index in [4.69, 9.17) is 15.8 Å². The summed E-state index contributed by atoms with van der Waals surface area (Å²) >= 11 is 0. The van der Waals surface area contributed by atoms with E-state index in [0.717, 1.165) is 18.2 Å². The summed E-state index contributed by atoms with van der Waals surface area (Å²) in [7, 11) is 0. The van der Waals surface area contributed by atoms with Gasteiger partial charge in [-0.1, -0.05) is 0 Å². The molecule has 0 aliphatic rings. The number of nitro groups is 1. The van der Waals surface area contributed by atoms with Crippen molar-refractivity contribution in [2.45, 2.75) is 0 Å². The molecule has 0 saturated carbocycles. The molecule has 0 bridgehead atoms. The number of nitrogens with one attached hydrogen (secondary N) is 1. The van der Waals surface area contributed by atoms with Gasteiger partial charge in [0.25, 0.3) is 5.69 Å². The Bertz CT molecular complexity index is 744. The maximum Gasteiger partial charge on any atom is 0.278 e. The maximum absolute atomic E-state index is 13.4. The normalized spacial score (nSPS) is 9.76. The third kappa shape index (κ3) is 3.20. The lowest BCUT2D eigenvalue weighted by Crippen LogP contribution is -2.09. The van der Waals surface area contributed by atoms with Crippen LogP contribution in [0.2, 0.25) is 0 Å². The van der Waals surface area contributed by atoms with E-state index in [1.54, 1.807) is 6.07 Å². The first-order valence-corrected chi connectivity index (χ1v) is 5.54. The molecule has 1 heterocycles. The van der Waals surface area contributed by atoms with Crippen molar-refractivity contribution in [3.63, 3.8) is 0 Å². The van der Waals surface area contributed by atoms with Crippen LogP contribution in [0.3, 0.4) is 0 Å². The fraction of sp³-hybridized carbons (Fsp3) is 0. The Labute approximate surface area is 117 Å². The number of rotatable bonds is 4. The Kier molecular flexibility index (Phi) is 3.92. The first-order valence-electron chi connectivity index (χ1n) is 5.54. The quantitative estimate of drug-likeness (QED) is 0.501. The first-order chi connectivity index (χ1) is 10.0. The average molecular weight is 289 g/mol. The SMILES string of the molecule is N#Cc1ccc(Oc2cc([N+](=O)[O-])cc(NN)n2)cc1F. The van der Waals surface area contributed by atoms with E-state index in [1.165, 1.54) is 12.1 Å². The lowest BCUT2D eigenvalue weighted by atomic mass is 10.2. The molecule has 21 heavy (non-hydrogen) atoms. The monoisotopic (exact) mass is 289 g/mol. The molecule has 0 aliphatic heterocycles. The van der Waals surface area contributed by atoms with E-state index in [1.807, 2.05) is 0 Å². The number of nitrogen functional groups attached to an aromatic ring is 1. The van der Waals surface area contributed by atoms with Gasteiger partial charge >= 0.3 is 0 Å². The number of nitrogens with two attached hydrogens (primary N) is 1. The van der Waals surface area contributed by atoms with Crippen LogP contribution in [0.15, 0.2) is 30.3 Å². The number of nitrogens with zero attached hydrogens (tertiary/aromatic N) is 3. The van der Waals surface area contributed by atoms with E-state index in [-0.39, 0.29) is 28.7 Å². The summed E-state index contributed by atoms with van der Waals surface area (Å²) in [6.07, 6.45) is 0. The lowest BCUT2D eigenvalue weighted by molar-refractivity contribution is -0.384. The van der Waals surface area contributed by atoms with Gasteiger partial charge in [0.15, 0.2) is 5.82 Å². The molecule has 0 unspecified atom stereocenters. The molecular formula is C12H8FN5O3. The molecule has 0 spiro atoms. The summed E-state index contributed by atoms with van der Waals surface area (Å²) in [4.78, 5) is 14.0. The molecule has 0 fully saturated rings. The van der Waals surface area contributed by atoms with Gasteiger partial charge in [0.1, 0.15) is 17.6 Å². The van der Waals surface area contributed by atoms with Crippen molar-refractivity contribution in [1.82, 2.24) is 4.98 Å². The van der Waals surface area contributed by atoms with E-state index >= 15 is 0 Å². The van der Waals surface area contributed by atoms with Crippen LogP contribution in [0.25, 0.3) is 0 Å². The second kappa shape index (κ2) is 5.81. The number of pyridine rings is 1. The molecule has 0 radical (unpaired) electrons. The Hall–Kier alpha value is -3.25. The van der Waals surface area contributed by atoms with Crippen LogP contribution in [0.5, 0.6) is 11.6 Å². The summed E-state index contributed by atoms with van der Waals surface area (Å²) < 4.78 is 18.7. The minimum absolute atomic E-state index is 0.0216. The Morgan fingerprint density at radius 2 is 2.19 bits per heavy atom. The number of hydrogen-bond donors (Lipinski definition) is 2. The molecule has 3 N–H and O–H groups in total. The first kappa shape index (κ1) is 14.2. The van der Waals surface area contributed by atoms with Crippen molar-refractivity contribution in [1.29, 1.82) is 5.26 Å². The van der Waals surface area contributed by atoms with Gasteiger partial charge in [-0.15, -0.1) is 0 Å². The highest BCUT2D eigenvalue weighted by atomic mass is 19.1. The summed E-state index contributed by atoms with van der Waals surface area (Å²) in [5.74, 6) is 4.32. The Balaban J connectivity index is 2.35. The highest BCUT2D eigenvalue weighted by Crippen LogP contribution is 2.27. The molecule has 0 saturated heterocycles. The van der Waals surface area contributed by atoms with Crippen LogP contribution in [0.4, 0.5) is 15.9 Å². The van der Waals surface area contributed by atoms with Crippen LogP contribution in [0.1, 0.15) is 5.56 Å². The number of nitriles is 1. The minimum atomic E-state index is -0.766. The van der Waals surface area contributed by atoms with Crippen LogP contribution < -0.4 is 16.0 Å². The van der Waals surface area contributed by atoms with Gasteiger partial charge in [0, 0.05) is 6.07 Å². The molecule has 2 aromatic rings. The average Bonchev–Trinajstić information content (AvgIpc) is 2.47. The standard InChI is InChI=1S/C12H8FN5O3/c13-10-5-9(2-1-7(10)6-14)21-12-4-8(18(19)20)3-11(16-12)17-15/h1-5H,15H2,(H,16,17). The smallest absolute Gasteiger partial charge is 0.278 e. The summed E-state index contributed by atoms with van der Waals surface area (Å²) in [5, 5.41) is 19.4. The molecule has 8 nitrogen and oxygen atoms in total. The molecule has 2 rings (SSSR count). The predicted molar refractivity (Wildman–Crippen MR) is 69.9 cm³/mol. The van der Waals surface area contributed by atoms with Gasteiger partial charge in [-0.2, -0.15) is 10.2 Å². The van der Waals surface area contributed by atoms with Crippen LogP contribution in [0, 0.1) is 27.3 Å². The van der Waals surface area contributed by atoms with Gasteiger partial charge in [-0.05, 0) is 12.1 Å². The van der Waals surface area contributed by atoms with Crippen molar-refractivity contribution in [3.05, 3.63) is 51.8 Å². The van der Waals surface area contributed by atoms with E-state index < -0.39 is 10.7 Å². The molecule has 0 aliphatic carbocycles. The number of aromatic nitrogens is 1. The molecule has 0 atom stereocenters. The van der Waals surface area contributed by atoms with Gasteiger partial charge in [-0.3, -0.25) is 10.1 Å². The van der Waals surface area contributed by atoms with E-state index in [2.05, 4.69) is 10.4 Å². The molecule has 9 heteroatoms. The predicted octanol–water partition coefficient (Wildman–Crippen LogP) is 2.08. The highest BCUT2D eigenvalue weighted by molar-refractivity contribution is 5.48. The fourth-order valence-corrected chi connectivity index (χ4v) is 1.49. The third-order valence-electron chi connectivity index (χ3n) is 2.43. The van der Waals surface area contributed by atoms with Crippen LogP contribution >= 0.6 is 0 Å². The highest BCUT2D eigenvalue weighted by Gasteiger charge is 2.13. The van der Waals surface area contributed by atoms with Gasteiger partial charge in [-0.25, -0.2) is 10.2 Å². The van der Waals surface area contributed by atoms with Gasteiger partial charge in [0.2, 0.25) is 5.88 Å². The minimum Gasteiger partial charge on any atom is -0.439 e. The maximum atomic E-state index is 13.4. The molecule has 106 valence electrons. The second-order valence-electron chi connectivity index (χ2n) is 3.81. The third-order valence-corrected chi connectivity index (χ3v) is 2.43. The van der Waals surface area contributed by atoms with Gasteiger partial charge < -0.3 is 10.2 Å². The molecule has 1 aromatic carbocycles. The zero-order valence-electron chi connectivity index (χ0n) is 10.4. The van der Waals surface area contributed by atoms with Crippen LogP contribution in [-0.4, -0.2) is 9.91 Å². The number of benzene rings is 1. The number of hydrazine groups is 1. The van der Waals surface area contributed by atoms with Crippen molar-refractivity contribution in [3.8, 4) is 17.7 Å². The summed E-state index contributed by atoms with van der Waals surface area (Å²) in [6.45, 7) is 0. The number of hydrogen-bond acceptors (Lipinski definition) is 7. The molecular weight excluding hydrogens is 281 g/mol. The van der Waals surface area contributed by atoms with Crippen molar-refractivity contribution < 1.29 is 14.1 Å². The zero-order chi connectivity index (χ0) is 15.4. The zero-order valence-corrected chi connectivity index (χ0v) is 10.4. The van der Waals surface area contributed by atoms with E-state index in [9.17, 15) is 14.5 Å². The largest absolute Gasteiger partial charge is 0.439 e. The molecule has 1 aromatic heterocycles. The van der Waals surface area contributed by atoms with Crippen molar-refractivity contribution in [2.24, 2.45) is 5.84 Å². The second-order valence-corrected chi connectivity index (χ2v) is 3.81. The van der Waals surface area contributed by atoms with Gasteiger partial charge in [0.05, 0.1) is 22.6 Å². The van der Waals surface area contributed by atoms with Crippen LogP contribution in [-0.2, 0) is 0 Å². The number of halogens is 1. The summed E-state index contributed by atoms with van der Waals surface area (Å²) in [6, 6.07) is 7.40. The fourth-order valence-electron chi connectivity index (χ4n) is 1.49. The van der Waals surface area contributed by atoms with Crippen molar-refractivity contribution >= 4 is 11.5 Å². The van der Waals surface area contributed by atoms with Crippen molar-refractivity contribution in [2.75, 3.05) is 5.43 Å². The topological polar surface area (TPSA) is 127 Å². The van der Waals surface area contributed by atoms with E-state index in [0.29, 0.717) is 0 Å². The Morgan fingerprint density at radius 1 is 1.43 bits per heavy atom. The number of anilines is 1. The Morgan fingerprint density at radius 3 is 2.76 bits per heavy atom. The molecule has 0 amide bonds. The summed E-state index contributed by atoms with van der Waals surface area (Å²) in [5.41, 5.74) is 1.74. The lowest BCUT2D eigenvalue weighted by Gasteiger charge is -2.07. The number of ether oxygens (including phenoxy) is 1.